The Labute approximate surface area is 338 Å². The third-order valence-corrected chi connectivity index (χ3v) is 13.8. The van der Waals surface area contributed by atoms with Gasteiger partial charge < -0.3 is 19.3 Å². The topological polar surface area (TPSA) is 116 Å². The van der Waals surface area contributed by atoms with Gasteiger partial charge in [0, 0.05) is 35.0 Å². The second-order valence-corrected chi connectivity index (χ2v) is 18.8. The molecular weight excluding hydrogens is 717 g/mol. The molecule has 57 heavy (non-hydrogen) atoms. The minimum atomic E-state index is -1.17. The summed E-state index contributed by atoms with van der Waals surface area (Å²) in [7, 11) is 1.65. The summed E-state index contributed by atoms with van der Waals surface area (Å²) in [6.45, 7) is 8.46. The lowest BCUT2D eigenvalue weighted by Crippen LogP contribution is -2.41. The van der Waals surface area contributed by atoms with Crippen LogP contribution in [-0.2, 0) is 23.9 Å². The van der Waals surface area contributed by atoms with E-state index in [0.29, 0.717) is 30.9 Å². The number of hydrogen-bond donors (Lipinski definition) is 1. The van der Waals surface area contributed by atoms with Crippen LogP contribution in [-0.4, -0.2) is 47.9 Å². The summed E-state index contributed by atoms with van der Waals surface area (Å²) >= 11 is 0. The number of hydrogen-bond acceptors (Lipinski definition) is 7. The van der Waals surface area contributed by atoms with Crippen molar-refractivity contribution in [3.63, 3.8) is 0 Å². The number of carbonyl (C=O) groups is 4. The van der Waals surface area contributed by atoms with Crippen LogP contribution >= 0.6 is 0 Å². The zero-order valence-electron chi connectivity index (χ0n) is 34.6. The van der Waals surface area contributed by atoms with Crippen molar-refractivity contribution in [3.05, 3.63) is 65.8 Å². The lowest BCUT2D eigenvalue weighted by molar-refractivity contribution is -0.152. The molecule has 0 bridgehead atoms. The number of aliphatic carboxylic acids is 1. The number of fused-ring (bicyclic) bond motifs is 3. The Morgan fingerprint density at radius 3 is 2.49 bits per heavy atom. The summed E-state index contributed by atoms with van der Waals surface area (Å²) < 4.78 is 18.6. The van der Waals surface area contributed by atoms with Crippen molar-refractivity contribution in [3.8, 4) is 11.5 Å². The van der Waals surface area contributed by atoms with Crippen molar-refractivity contribution in [1.29, 1.82) is 0 Å². The molecule has 0 amide bonds. The molecule has 8 nitrogen and oxygen atoms in total. The summed E-state index contributed by atoms with van der Waals surface area (Å²) in [5.41, 5.74) is 1.57. The molecule has 0 heterocycles. The highest BCUT2D eigenvalue weighted by atomic mass is 16.5. The van der Waals surface area contributed by atoms with Crippen LogP contribution < -0.4 is 9.47 Å². The summed E-state index contributed by atoms with van der Waals surface area (Å²) in [6.07, 6.45) is 18.2. The zero-order chi connectivity index (χ0) is 40.5. The van der Waals surface area contributed by atoms with E-state index in [1.54, 1.807) is 7.11 Å². The van der Waals surface area contributed by atoms with Crippen molar-refractivity contribution in [1.82, 2.24) is 0 Å². The normalized spacial score (nSPS) is 29.8. The first kappa shape index (κ1) is 41.0. The van der Waals surface area contributed by atoms with Crippen molar-refractivity contribution in [2.24, 2.45) is 40.4 Å². The highest BCUT2D eigenvalue weighted by molar-refractivity contribution is 5.97. The number of allylic oxidation sites excluding steroid dienone is 6. The average Bonchev–Trinajstić information content (AvgIpc) is 3.49. The van der Waals surface area contributed by atoms with E-state index in [2.05, 4.69) is 44.2 Å². The summed E-state index contributed by atoms with van der Waals surface area (Å²) in [5.74, 6) is -1.93. The molecule has 306 valence electrons. The molecule has 6 atom stereocenters. The van der Waals surface area contributed by atoms with Crippen molar-refractivity contribution >= 4 is 39.9 Å². The molecule has 0 spiro atoms. The fourth-order valence-corrected chi connectivity index (χ4v) is 10.5. The van der Waals surface area contributed by atoms with Crippen LogP contribution in [0.4, 0.5) is 0 Å². The highest BCUT2D eigenvalue weighted by Crippen LogP contribution is 2.59. The summed E-state index contributed by atoms with van der Waals surface area (Å²) in [5, 5.41) is 12.4. The molecule has 0 radical (unpaired) electrons. The van der Waals surface area contributed by atoms with Gasteiger partial charge in [0.15, 0.2) is 0 Å². The van der Waals surface area contributed by atoms with Gasteiger partial charge in [-0.2, -0.15) is 0 Å². The Hall–Kier alpha value is -4.20. The van der Waals surface area contributed by atoms with E-state index in [-0.39, 0.29) is 42.4 Å². The Morgan fingerprint density at radius 1 is 0.982 bits per heavy atom. The number of rotatable bonds is 10. The predicted molar refractivity (Wildman–Crippen MR) is 222 cm³/mol. The number of Topliss-reactive ketones (excluding diaryl/α,β-unsaturated/α-hetero) is 2. The van der Waals surface area contributed by atoms with Gasteiger partial charge in [0.25, 0.3) is 0 Å². The Morgan fingerprint density at radius 2 is 1.75 bits per heavy atom. The number of methoxy groups -OCH3 is 1. The van der Waals surface area contributed by atoms with Gasteiger partial charge >= 0.3 is 11.9 Å². The van der Waals surface area contributed by atoms with Gasteiger partial charge in [0.1, 0.15) is 35.3 Å². The van der Waals surface area contributed by atoms with E-state index in [1.807, 2.05) is 38.1 Å². The van der Waals surface area contributed by atoms with Gasteiger partial charge in [-0.25, -0.2) is 0 Å². The molecule has 2 aromatic carbocycles. The second kappa shape index (κ2) is 17.0. The number of ketones is 2. The maximum Gasteiger partial charge on any atom is 0.310 e. The van der Waals surface area contributed by atoms with Gasteiger partial charge in [-0.15, -0.1) is 0 Å². The van der Waals surface area contributed by atoms with Crippen LogP contribution in [0.3, 0.4) is 0 Å². The lowest BCUT2D eigenvalue weighted by atomic mass is 9.70. The Balaban J connectivity index is 1.25. The van der Waals surface area contributed by atoms with Gasteiger partial charge in [-0.1, -0.05) is 70.4 Å². The summed E-state index contributed by atoms with van der Waals surface area (Å²) in [4.78, 5) is 56.1. The van der Waals surface area contributed by atoms with E-state index in [4.69, 9.17) is 14.2 Å². The number of carboxylic acids is 1. The number of carboxylic acid groups (broad SMARTS) is 1. The summed E-state index contributed by atoms with van der Waals surface area (Å²) in [6, 6.07) is 10.2. The molecule has 8 heteroatoms. The highest BCUT2D eigenvalue weighted by Gasteiger charge is 2.63. The van der Waals surface area contributed by atoms with Crippen molar-refractivity contribution < 1.29 is 38.5 Å². The number of carbonyl (C=O) groups excluding carboxylic acids is 3. The van der Waals surface area contributed by atoms with E-state index >= 15 is 4.79 Å². The van der Waals surface area contributed by atoms with Gasteiger partial charge in [0.2, 0.25) is 0 Å². The van der Waals surface area contributed by atoms with Crippen molar-refractivity contribution in [2.75, 3.05) is 7.11 Å². The first-order chi connectivity index (χ1) is 27.3. The molecule has 1 N–H and O–H groups in total. The molecule has 2 aromatic rings. The van der Waals surface area contributed by atoms with Crippen LogP contribution in [0.2, 0.25) is 0 Å². The minimum Gasteiger partial charge on any atom is -0.497 e. The number of benzene rings is 2. The monoisotopic (exact) mass is 778 g/mol. The van der Waals surface area contributed by atoms with Crippen LogP contribution in [0.1, 0.15) is 130 Å². The molecule has 5 aliphatic rings. The van der Waals surface area contributed by atoms with Gasteiger partial charge in [-0.05, 0) is 129 Å². The predicted octanol–water partition coefficient (Wildman–Crippen LogP) is 10.6. The Bertz CT molecular complexity index is 1960. The molecule has 3 fully saturated rings. The molecular formula is C49H62O8. The minimum absolute atomic E-state index is 0.00429. The molecule has 3 saturated carbocycles. The quantitative estimate of drug-likeness (QED) is 0.187. The molecule has 0 aliphatic heterocycles. The molecule has 7 rings (SSSR count). The van der Waals surface area contributed by atoms with Crippen molar-refractivity contribution in [2.45, 2.75) is 136 Å². The maximum absolute atomic E-state index is 15.0. The third-order valence-electron chi connectivity index (χ3n) is 13.8. The molecule has 0 saturated heterocycles. The maximum atomic E-state index is 15.0. The van der Waals surface area contributed by atoms with E-state index < -0.39 is 40.7 Å². The van der Waals surface area contributed by atoms with Crippen LogP contribution in [0, 0.1) is 40.4 Å². The van der Waals surface area contributed by atoms with Crippen LogP contribution in [0.5, 0.6) is 11.5 Å². The number of ether oxygens (including phenoxy) is 3. The first-order valence-electron chi connectivity index (χ1n) is 21.6. The second-order valence-electron chi connectivity index (χ2n) is 18.8. The SMILES string of the molecule is COc1ccc2c(OC3CC4C(=O)C(CC(=O)OC5CCCC5)CCCCC/C=C\C5CC5(C(=O)O)CC(=O)C4C3(C)C)cc(C3=CCC(CC(C)C)=C3)cc2c1. The molecule has 5 aliphatic carbocycles. The third kappa shape index (κ3) is 8.80. The van der Waals surface area contributed by atoms with Gasteiger partial charge in [-0.3, -0.25) is 19.2 Å². The lowest BCUT2D eigenvalue weighted by Gasteiger charge is -2.34. The first-order valence-corrected chi connectivity index (χ1v) is 21.6. The van der Waals surface area contributed by atoms with E-state index in [1.165, 1.54) is 5.57 Å². The standard InChI is InChI=1S/C49H62O8/c1-30(2)21-31-17-18-32(22-31)34-23-35-24-38(55-5)19-20-39(35)42(25-34)57-43-27-40-45(48(43,3)4)41(50)29-49(47(53)54)28-36(49)14-10-8-6-7-9-13-33(46(40)52)26-44(51)56-37-15-11-12-16-37/h10,14,18-20,22-25,30,33,36-37,40,43,45H,6-9,11-13,15-17,21,26-29H2,1-5H3,(H,53,54)/b14-10-. The molecule has 6 unspecified atom stereocenters. The van der Waals surface area contributed by atoms with E-state index in [9.17, 15) is 19.5 Å². The van der Waals surface area contributed by atoms with Gasteiger partial charge in [0.05, 0.1) is 18.9 Å². The zero-order valence-corrected chi connectivity index (χ0v) is 34.6. The van der Waals surface area contributed by atoms with E-state index in [0.717, 1.165) is 91.9 Å². The smallest absolute Gasteiger partial charge is 0.310 e. The average molecular weight is 779 g/mol. The van der Waals surface area contributed by atoms with Crippen LogP contribution in [0.25, 0.3) is 16.3 Å². The Kier molecular flexibility index (Phi) is 12.2. The fourth-order valence-electron chi connectivity index (χ4n) is 10.5. The van der Waals surface area contributed by atoms with Crippen LogP contribution in [0.15, 0.2) is 60.2 Å². The number of esters is 1. The largest absolute Gasteiger partial charge is 0.497 e. The fraction of sp³-hybridized carbons (Fsp3) is 0.592. The molecule has 0 aromatic heterocycles.